The Morgan fingerprint density at radius 2 is 2.31 bits per heavy atom. The molecule has 1 heterocycles. The summed E-state index contributed by atoms with van der Waals surface area (Å²) in [7, 11) is 0. The Bertz CT molecular complexity index is 533. The molecule has 16 heavy (non-hydrogen) atoms. The van der Waals surface area contributed by atoms with Gasteiger partial charge in [0.2, 0.25) is 0 Å². The number of halogens is 1. The largest absolute Gasteiger partial charge is 0.324 e. The van der Waals surface area contributed by atoms with Crippen LogP contribution in [0.1, 0.15) is 23.7 Å². The number of nitrogens with two attached hydrogens (primary N) is 1. The molecule has 82 valence electrons. The fraction of sp³-hybridized carbons (Fsp3) is 0.250. The molecule has 1 aromatic heterocycles. The molecule has 3 nitrogen and oxygen atoms in total. The van der Waals surface area contributed by atoms with Crippen LogP contribution in [0.2, 0.25) is 0 Å². The Morgan fingerprint density at radius 1 is 1.44 bits per heavy atom. The fourth-order valence-corrected chi connectivity index (χ4v) is 2.28. The molecular formula is C12H12FN3. The highest BCUT2D eigenvalue weighted by atomic mass is 19.1. The lowest BCUT2D eigenvalue weighted by molar-refractivity contribution is 0.628. The maximum absolute atomic E-state index is 13.1. The van der Waals surface area contributed by atoms with Gasteiger partial charge in [0, 0.05) is 22.9 Å². The van der Waals surface area contributed by atoms with Gasteiger partial charge in [-0.2, -0.15) is 5.10 Å². The Labute approximate surface area is 92.5 Å². The van der Waals surface area contributed by atoms with Gasteiger partial charge in [-0.1, -0.05) is 12.1 Å². The normalized spacial score (nSPS) is 18.8. The van der Waals surface area contributed by atoms with E-state index in [0.717, 1.165) is 35.4 Å². The van der Waals surface area contributed by atoms with Gasteiger partial charge in [0.15, 0.2) is 0 Å². The molecule has 1 aliphatic carbocycles. The maximum Gasteiger partial charge on any atom is 0.123 e. The number of aromatic amines is 1. The van der Waals surface area contributed by atoms with E-state index in [4.69, 9.17) is 5.73 Å². The average Bonchev–Trinajstić information content (AvgIpc) is 2.82. The van der Waals surface area contributed by atoms with Crippen molar-refractivity contribution in [1.82, 2.24) is 10.2 Å². The summed E-state index contributed by atoms with van der Waals surface area (Å²) in [6.45, 7) is 0. The van der Waals surface area contributed by atoms with E-state index in [1.807, 2.05) is 6.07 Å². The molecule has 0 aliphatic heterocycles. The molecular weight excluding hydrogens is 205 g/mol. The van der Waals surface area contributed by atoms with Crippen molar-refractivity contribution in [3.05, 3.63) is 41.3 Å². The van der Waals surface area contributed by atoms with Crippen LogP contribution >= 0.6 is 0 Å². The van der Waals surface area contributed by atoms with Crippen LogP contribution in [0.25, 0.3) is 11.3 Å². The van der Waals surface area contributed by atoms with E-state index in [-0.39, 0.29) is 11.9 Å². The minimum Gasteiger partial charge on any atom is -0.324 e. The number of aromatic nitrogens is 2. The molecule has 0 bridgehead atoms. The second-order valence-corrected chi connectivity index (χ2v) is 4.12. The van der Waals surface area contributed by atoms with E-state index in [2.05, 4.69) is 10.2 Å². The first-order valence-corrected chi connectivity index (χ1v) is 5.34. The lowest BCUT2D eigenvalue weighted by Gasteiger charge is -2.05. The first-order chi connectivity index (χ1) is 7.75. The summed E-state index contributed by atoms with van der Waals surface area (Å²) < 4.78 is 13.1. The van der Waals surface area contributed by atoms with Gasteiger partial charge in [0.05, 0.1) is 5.69 Å². The van der Waals surface area contributed by atoms with Crippen LogP contribution in [-0.4, -0.2) is 10.2 Å². The van der Waals surface area contributed by atoms with E-state index in [0.29, 0.717) is 0 Å². The van der Waals surface area contributed by atoms with Crippen LogP contribution in [0, 0.1) is 5.82 Å². The first-order valence-electron chi connectivity index (χ1n) is 5.34. The molecule has 0 amide bonds. The zero-order chi connectivity index (χ0) is 11.1. The zero-order valence-electron chi connectivity index (χ0n) is 8.70. The Morgan fingerprint density at radius 3 is 3.12 bits per heavy atom. The fourth-order valence-electron chi connectivity index (χ4n) is 2.28. The summed E-state index contributed by atoms with van der Waals surface area (Å²) in [5.74, 6) is -0.249. The Balaban J connectivity index is 2.14. The van der Waals surface area contributed by atoms with Crippen molar-refractivity contribution in [1.29, 1.82) is 0 Å². The standard InChI is InChI=1S/C12H12FN3/c13-8-3-1-2-7(6-8)12-11-9(14)4-5-10(11)15-16-12/h1-3,6,9H,4-5,14H2,(H,15,16). The molecule has 0 radical (unpaired) electrons. The lowest BCUT2D eigenvalue weighted by Crippen LogP contribution is -2.06. The number of H-pyrrole nitrogens is 1. The van der Waals surface area contributed by atoms with E-state index in [1.165, 1.54) is 12.1 Å². The molecule has 4 heteroatoms. The molecule has 1 aliphatic rings. The van der Waals surface area contributed by atoms with Crippen molar-refractivity contribution in [2.75, 3.05) is 0 Å². The topological polar surface area (TPSA) is 54.7 Å². The molecule has 0 spiro atoms. The Hall–Kier alpha value is -1.68. The number of rotatable bonds is 1. The van der Waals surface area contributed by atoms with Gasteiger partial charge in [-0.25, -0.2) is 4.39 Å². The summed E-state index contributed by atoms with van der Waals surface area (Å²) >= 11 is 0. The molecule has 0 saturated carbocycles. The van der Waals surface area contributed by atoms with Crippen LogP contribution in [0.15, 0.2) is 24.3 Å². The third-order valence-electron chi connectivity index (χ3n) is 3.06. The van der Waals surface area contributed by atoms with Crippen molar-refractivity contribution < 1.29 is 4.39 Å². The van der Waals surface area contributed by atoms with Gasteiger partial charge in [-0.15, -0.1) is 0 Å². The van der Waals surface area contributed by atoms with Crippen LogP contribution < -0.4 is 5.73 Å². The quantitative estimate of drug-likeness (QED) is 0.769. The van der Waals surface area contributed by atoms with Crippen molar-refractivity contribution in [3.8, 4) is 11.3 Å². The third kappa shape index (κ3) is 1.34. The maximum atomic E-state index is 13.1. The highest BCUT2D eigenvalue weighted by molar-refractivity contribution is 5.65. The smallest absolute Gasteiger partial charge is 0.123 e. The number of hydrogen-bond acceptors (Lipinski definition) is 2. The number of nitrogens with zero attached hydrogens (tertiary/aromatic N) is 1. The first kappa shape index (κ1) is 9.54. The molecule has 0 fully saturated rings. The average molecular weight is 217 g/mol. The predicted molar refractivity (Wildman–Crippen MR) is 59.2 cm³/mol. The minimum atomic E-state index is -0.249. The van der Waals surface area contributed by atoms with Crippen molar-refractivity contribution >= 4 is 0 Å². The van der Waals surface area contributed by atoms with Crippen LogP contribution in [0.3, 0.4) is 0 Å². The van der Waals surface area contributed by atoms with E-state index in [1.54, 1.807) is 6.07 Å². The summed E-state index contributed by atoms with van der Waals surface area (Å²) in [4.78, 5) is 0. The van der Waals surface area contributed by atoms with Gasteiger partial charge >= 0.3 is 0 Å². The number of benzene rings is 1. The number of aryl methyl sites for hydroxylation is 1. The summed E-state index contributed by atoms with van der Waals surface area (Å²) in [6, 6.07) is 6.47. The van der Waals surface area contributed by atoms with Gasteiger partial charge < -0.3 is 5.73 Å². The van der Waals surface area contributed by atoms with Crippen molar-refractivity contribution in [2.24, 2.45) is 5.73 Å². The second kappa shape index (κ2) is 3.42. The van der Waals surface area contributed by atoms with Crippen LogP contribution in [0.5, 0.6) is 0 Å². The Kier molecular flexibility index (Phi) is 2.04. The molecule has 0 saturated heterocycles. The molecule has 3 rings (SSSR count). The molecule has 2 aromatic rings. The minimum absolute atomic E-state index is 0.0204. The van der Waals surface area contributed by atoms with Crippen molar-refractivity contribution in [2.45, 2.75) is 18.9 Å². The number of hydrogen-bond donors (Lipinski definition) is 2. The second-order valence-electron chi connectivity index (χ2n) is 4.12. The SMILES string of the molecule is NC1CCc2[nH]nc(-c3cccc(F)c3)c21. The highest BCUT2D eigenvalue weighted by Gasteiger charge is 2.26. The highest BCUT2D eigenvalue weighted by Crippen LogP contribution is 2.35. The van der Waals surface area contributed by atoms with E-state index >= 15 is 0 Å². The summed E-state index contributed by atoms with van der Waals surface area (Å²) in [5.41, 5.74) is 9.73. The zero-order valence-corrected chi connectivity index (χ0v) is 8.70. The predicted octanol–water partition coefficient (Wildman–Crippen LogP) is 2.16. The molecule has 1 atom stereocenters. The monoisotopic (exact) mass is 217 g/mol. The van der Waals surface area contributed by atoms with E-state index < -0.39 is 0 Å². The number of nitrogens with one attached hydrogen (secondary N) is 1. The molecule has 3 N–H and O–H groups in total. The van der Waals surface area contributed by atoms with Gasteiger partial charge in [0.25, 0.3) is 0 Å². The third-order valence-corrected chi connectivity index (χ3v) is 3.06. The van der Waals surface area contributed by atoms with Gasteiger partial charge in [-0.05, 0) is 25.0 Å². The summed E-state index contributed by atoms with van der Waals surface area (Å²) in [5, 5.41) is 7.21. The van der Waals surface area contributed by atoms with Crippen LogP contribution in [-0.2, 0) is 6.42 Å². The van der Waals surface area contributed by atoms with Gasteiger partial charge in [-0.3, -0.25) is 5.10 Å². The summed E-state index contributed by atoms with van der Waals surface area (Å²) in [6.07, 6.45) is 1.87. The van der Waals surface area contributed by atoms with Gasteiger partial charge in [0.1, 0.15) is 5.82 Å². The lowest BCUT2D eigenvalue weighted by atomic mass is 10.0. The number of fused-ring (bicyclic) bond motifs is 1. The van der Waals surface area contributed by atoms with Crippen molar-refractivity contribution in [3.63, 3.8) is 0 Å². The molecule has 1 aromatic carbocycles. The molecule has 1 unspecified atom stereocenters. The van der Waals surface area contributed by atoms with Crippen LogP contribution in [0.4, 0.5) is 4.39 Å². The van der Waals surface area contributed by atoms with E-state index in [9.17, 15) is 4.39 Å².